The van der Waals surface area contributed by atoms with E-state index in [2.05, 4.69) is 48.7 Å². The van der Waals surface area contributed by atoms with Crippen molar-refractivity contribution in [1.82, 2.24) is 10.6 Å². The van der Waals surface area contributed by atoms with Crippen LogP contribution < -0.4 is 15.4 Å². The third kappa shape index (κ3) is 5.02. The summed E-state index contributed by atoms with van der Waals surface area (Å²) in [5, 5.41) is 5.91. The summed E-state index contributed by atoms with van der Waals surface area (Å²) in [6.07, 6.45) is 0.843. The van der Waals surface area contributed by atoms with Crippen LogP contribution in [0.1, 0.15) is 36.1 Å². The number of urea groups is 1. The van der Waals surface area contributed by atoms with Gasteiger partial charge in [0.15, 0.2) is 0 Å². The summed E-state index contributed by atoms with van der Waals surface area (Å²) < 4.78 is 5.18. The zero-order chi connectivity index (χ0) is 16.7. The van der Waals surface area contributed by atoms with Gasteiger partial charge in [0.1, 0.15) is 5.75 Å². The number of ether oxygens (including phenoxy) is 1. The lowest BCUT2D eigenvalue weighted by atomic mass is 10.0. The second-order valence-electron chi connectivity index (χ2n) is 5.55. The molecule has 0 aliphatic heterocycles. The molecule has 0 aliphatic carbocycles. The van der Waals surface area contributed by atoms with E-state index in [0.717, 1.165) is 23.3 Å². The largest absolute Gasteiger partial charge is 0.497 e. The first-order chi connectivity index (χ1) is 11.1. The van der Waals surface area contributed by atoms with E-state index in [1.807, 2.05) is 24.3 Å². The number of aryl methyl sites for hydroxylation is 1. The molecule has 0 aliphatic rings. The Hall–Kier alpha value is -2.49. The number of hydrogen-bond donors (Lipinski definition) is 2. The van der Waals surface area contributed by atoms with Gasteiger partial charge in [-0.25, -0.2) is 4.79 Å². The average Bonchev–Trinajstić information content (AvgIpc) is 2.59. The lowest BCUT2D eigenvalue weighted by Crippen LogP contribution is -2.37. The van der Waals surface area contributed by atoms with Gasteiger partial charge in [0.25, 0.3) is 0 Å². The van der Waals surface area contributed by atoms with Crippen LogP contribution in [0.2, 0.25) is 0 Å². The quantitative estimate of drug-likeness (QED) is 0.848. The van der Waals surface area contributed by atoms with Crippen molar-refractivity contribution in [3.05, 3.63) is 65.2 Å². The first-order valence-electron chi connectivity index (χ1n) is 7.86. The van der Waals surface area contributed by atoms with Gasteiger partial charge >= 0.3 is 6.03 Å². The van der Waals surface area contributed by atoms with E-state index < -0.39 is 0 Å². The summed E-state index contributed by atoms with van der Waals surface area (Å²) in [6, 6.07) is 15.8. The molecule has 2 aromatic carbocycles. The summed E-state index contributed by atoms with van der Waals surface area (Å²) in [4.78, 5) is 12.1. The third-order valence-electron chi connectivity index (χ3n) is 3.78. The van der Waals surface area contributed by atoms with Gasteiger partial charge in [0, 0.05) is 6.54 Å². The number of rotatable bonds is 6. The number of carbonyl (C=O) groups excluding carboxylic acids is 1. The number of carbonyl (C=O) groups is 1. The number of nitrogens with one attached hydrogen (secondary N) is 2. The predicted octanol–water partition coefficient (Wildman–Crippen LogP) is 3.95. The van der Waals surface area contributed by atoms with Crippen LogP contribution in [-0.2, 0) is 6.54 Å². The van der Waals surface area contributed by atoms with Gasteiger partial charge in [-0.05, 0) is 36.6 Å². The summed E-state index contributed by atoms with van der Waals surface area (Å²) in [6.45, 7) is 4.58. The average molecular weight is 312 g/mol. The first-order valence-corrected chi connectivity index (χ1v) is 7.86. The van der Waals surface area contributed by atoms with E-state index in [4.69, 9.17) is 4.74 Å². The van der Waals surface area contributed by atoms with Crippen LogP contribution in [0.4, 0.5) is 4.79 Å². The monoisotopic (exact) mass is 312 g/mol. The molecule has 0 spiro atoms. The summed E-state index contributed by atoms with van der Waals surface area (Å²) in [5.74, 6) is 0.788. The van der Waals surface area contributed by atoms with Crippen molar-refractivity contribution in [2.24, 2.45) is 0 Å². The molecule has 0 heterocycles. The van der Waals surface area contributed by atoms with Gasteiger partial charge < -0.3 is 15.4 Å². The molecule has 2 N–H and O–H groups in total. The van der Waals surface area contributed by atoms with Crippen molar-refractivity contribution in [2.75, 3.05) is 7.11 Å². The van der Waals surface area contributed by atoms with E-state index in [0.29, 0.717) is 6.54 Å². The Morgan fingerprint density at radius 1 is 1.17 bits per heavy atom. The van der Waals surface area contributed by atoms with E-state index in [1.165, 1.54) is 5.56 Å². The highest BCUT2D eigenvalue weighted by Crippen LogP contribution is 2.17. The highest BCUT2D eigenvalue weighted by molar-refractivity contribution is 5.74. The van der Waals surface area contributed by atoms with Crippen LogP contribution in [-0.4, -0.2) is 13.1 Å². The van der Waals surface area contributed by atoms with Gasteiger partial charge in [-0.3, -0.25) is 0 Å². The molecule has 2 aromatic rings. The van der Waals surface area contributed by atoms with E-state index >= 15 is 0 Å². The van der Waals surface area contributed by atoms with Crippen molar-refractivity contribution >= 4 is 6.03 Å². The fraction of sp³-hybridized carbons (Fsp3) is 0.316. The molecule has 0 bridgehead atoms. The lowest BCUT2D eigenvalue weighted by molar-refractivity contribution is 0.236. The zero-order valence-electron chi connectivity index (χ0n) is 13.9. The van der Waals surface area contributed by atoms with Crippen LogP contribution in [0.25, 0.3) is 0 Å². The van der Waals surface area contributed by atoms with E-state index in [1.54, 1.807) is 7.11 Å². The molecule has 0 unspecified atom stereocenters. The number of benzene rings is 2. The van der Waals surface area contributed by atoms with Crippen LogP contribution in [0.15, 0.2) is 48.5 Å². The zero-order valence-corrected chi connectivity index (χ0v) is 13.9. The third-order valence-corrected chi connectivity index (χ3v) is 3.78. The summed E-state index contributed by atoms with van der Waals surface area (Å²) in [5.41, 5.74) is 3.34. The Labute approximate surface area is 137 Å². The van der Waals surface area contributed by atoms with E-state index in [9.17, 15) is 4.79 Å². The maximum atomic E-state index is 12.1. The van der Waals surface area contributed by atoms with Crippen LogP contribution in [0.5, 0.6) is 5.75 Å². The number of methoxy groups -OCH3 is 1. The minimum Gasteiger partial charge on any atom is -0.497 e. The van der Waals surface area contributed by atoms with Crippen molar-refractivity contribution in [2.45, 2.75) is 32.9 Å². The number of amides is 2. The Morgan fingerprint density at radius 3 is 2.57 bits per heavy atom. The maximum Gasteiger partial charge on any atom is 0.315 e. The SMILES string of the molecule is CC[C@H](NC(=O)NCc1cccc(OC)c1)c1ccc(C)cc1. The smallest absolute Gasteiger partial charge is 0.315 e. The van der Waals surface area contributed by atoms with Crippen LogP contribution in [0, 0.1) is 6.92 Å². The van der Waals surface area contributed by atoms with Gasteiger partial charge in [-0.15, -0.1) is 0 Å². The van der Waals surface area contributed by atoms with Gasteiger partial charge in [0.2, 0.25) is 0 Å². The highest BCUT2D eigenvalue weighted by Gasteiger charge is 2.12. The molecular weight excluding hydrogens is 288 g/mol. The van der Waals surface area contributed by atoms with Crippen molar-refractivity contribution in [3.63, 3.8) is 0 Å². The van der Waals surface area contributed by atoms with Gasteiger partial charge in [-0.1, -0.05) is 48.9 Å². The van der Waals surface area contributed by atoms with Crippen molar-refractivity contribution < 1.29 is 9.53 Å². The summed E-state index contributed by atoms with van der Waals surface area (Å²) >= 11 is 0. The van der Waals surface area contributed by atoms with Crippen LogP contribution in [0.3, 0.4) is 0 Å². The molecule has 0 radical (unpaired) electrons. The molecule has 0 saturated carbocycles. The Morgan fingerprint density at radius 2 is 1.91 bits per heavy atom. The molecule has 0 fully saturated rings. The highest BCUT2D eigenvalue weighted by atomic mass is 16.5. The Bertz CT molecular complexity index is 638. The molecule has 2 rings (SSSR count). The topological polar surface area (TPSA) is 50.4 Å². The van der Waals surface area contributed by atoms with Crippen LogP contribution >= 0.6 is 0 Å². The molecular formula is C19H24N2O2. The summed E-state index contributed by atoms with van der Waals surface area (Å²) in [7, 11) is 1.63. The van der Waals surface area contributed by atoms with Crippen molar-refractivity contribution in [1.29, 1.82) is 0 Å². The molecule has 4 nitrogen and oxygen atoms in total. The van der Waals surface area contributed by atoms with Gasteiger partial charge in [-0.2, -0.15) is 0 Å². The Kier molecular flexibility index (Phi) is 6.03. The predicted molar refractivity (Wildman–Crippen MR) is 92.6 cm³/mol. The minimum atomic E-state index is -0.166. The molecule has 122 valence electrons. The van der Waals surface area contributed by atoms with E-state index in [-0.39, 0.29) is 12.1 Å². The minimum absolute atomic E-state index is 0.0147. The molecule has 23 heavy (non-hydrogen) atoms. The first kappa shape index (κ1) is 16.9. The second kappa shape index (κ2) is 8.22. The molecule has 1 atom stereocenters. The molecule has 0 aromatic heterocycles. The molecule has 2 amide bonds. The second-order valence-corrected chi connectivity index (χ2v) is 5.55. The van der Waals surface area contributed by atoms with Crippen molar-refractivity contribution in [3.8, 4) is 5.75 Å². The lowest BCUT2D eigenvalue weighted by Gasteiger charge is -2.18. The standard InChI is InChI=1S/C19H24N2O2/c1-4-18(16-10-8-14(2)9-11-16)21-19(22)20-13-15-6-5-7-17(12-15)23-3/h5-12,18H,4,13H2,1-3H3,(H2,20,21,22)/t18-/m0/s1. The molecule has 0 saturated heterocycles. The fourth-order valence-corrected chi connectivity index (χ4v) is 2.39. The normalized spacial score (nSPS) is 11.6. The molecule has 4 heteroatoms. The number of hydrogen-bond acceptors (Lipinski definition) is 2. The maximum absolute atomic E-state index is 12.1. The Balaban J connectivity index is 1.90. The fourth-order valence-electron chi connectivity index (χ4n) is 2.39. The van der Waals surface area contributed by atoms with Gasteiger partial charge in [0.05, 0.1) is 13.2 Å².